The molecule has 2 fully saturated rings. The van der Waals surface area contributed by atoms with Gasteiger partial charge in [-0.05, 0) is 88.8 Å². The van der Waals surface area contributed by atoms with Gasteiger partial charge in [-0.25, -0.2) is 0 Å². The molecule has 2 saturated carbocycles. The maximum atomic E-state index is 11.4. The first-order valence-corrected chi connectivity index (χ1v) is 13.5. The number of hydrogen-bond acceptors (Lipinski definition) is 2. The Morgan fingerprint density at radius 3 is 0.812 bits per heavy atom. The van der Waals surface area contributed by atoms with Gasteiger partial charge in [-0.2, -0.15) is 0 Å². The number of aliphatic hydroxyl groups is 2. The summed E-state index contributed by atoms with van der Waals surface area (Å²) >= 11 is 0. The summed E-state index contributed by atoms with van der Waals surface area (Å²) in [5.74, 6) is 3.30. The lowest BCUT2D eigenvalue weighted by Crippen LogP contribution is -2.51. The van der Waals surface area contributed by atoms with Gasteiger partial charge in [0.25, 0.3) is 0 Å². The van der Waals surface area contributed by atoms with Crippen LogP contribution in [0.1, 0.15) is 116 Å². The van der Waals surface area contributed by atoms with Gasteiger partial charge in [-0.3, -0.25) is 0 Å². The lowest BCUT2D eigenvalue weighted by atomic mass is 9.53. The minimum atomic E-state index is -0.212. The summed E-state index contributed by atoms with van der Waals surface area (Å²) in [7, 11) is 0. The van der Waals surface area contributed by atoms with Crippen molar-refractivity contribution in [2.75, 3.05) is 0 Å². The Morgan fingerprint density at radius 2 is 0.656 bits per heavy atom. The molecule has 0 aromatic heterocycles. The summed E-state index contributed by atoms with van der Waals surface area (Å²) in [6, 6.07) is 0. The van der Waals surface area contributed by atoms with E-state index in [0.717, 1.165) is 25.7 Å². The van der Waals surface area contributed by atoms with Crippen molar-refractivity contribution in [3.63, 3.8) is 0 Å². The topological polar surface area (TPSA) is 40.5 Å². The second-order valence-corrected chi connectivity index (χ2v) is 16.2. The van der Waals surface area contributed by atoms with E-state index in [-0.39, 0.29) is 33.9 Å². The monoisotopic (exact) mass is 450 g/mol. The van der Waals surface area contributed by atoms with Crippen LogP contribution in [-0.2, 0) is 0 Å². The zero-order valence-corrected chi connectivity index (χ0v) is 23.9. The van der Waals surface area contributed by atoms with Crippen LogP contribution in [0, 0.1) is 63.1 Å². The maximum absolute atomic E-state index is 11.4. The highest BCUT2D eigenvalue weighted by atomic mass is 16.3. The molecule has 2 aliphatic carbocycles. The van der Waals surface area contributed by atoms with E-state index >= 15 is 0 Å². The maximum Gasteiger partial charge on any atom is 0.0606 e. The Kier molecular flexibility index (Phi) is 8.08. The molecule has 190 valence electrons. The Bertz CT molecular complexity index is 507. The van der Waals surface area contributed by atoms with Crippen LogP contribution in [0.3, 0.4) is 0 Å². The number of hydrogen-bond donors (Lipinski definition) is 2. The molecule has 0 bridgehead atoms. The Labute approximate surface area is 201 Å². The van der Waals surface area contributed by atoms with Gasteiger partial charge in [0.05, 0.1) is 12.2 Å². The van der Waals surface area contributed by atoms with E-state index < -0.39 is 0 Å². The fourth-order valence-corrected chi connectivity index (χ4v) is 7.32. The summed E-state index contributed by atoms with van der Waals surface area (Å²) in [4.78, 5) is 0. The lowest BCUT2D eigenvalue weighted by molar-refractivity contribution is -0.115. The van der Waals surface area contributed by atoms with Crippen molar-refractivity contribution in [2.45, 2.75) is 128 Å². The molecule has 0 spiro atoms. The van der Waals surface area contributed by atoms with Crippen LogP contribution < -0.4 is 0 Å². The first kappa shape index (κ1) is 28.2. The average molecular weight is 451 g/mol. The fraction of sp³-hybridized carbons (Fsp3) is 1.00. The van der Waals surface area contributed by atoms with E-state index in [4.69, 9.17) is 0 Å². The van der Waals surface area contributed by atoms with Crippen LogP contribution in [0.4, 0.5) is 0 Å². The molecule has 0 amide bonds. The fourth-order valence-electron chi connectivity index (χ4n) is 7.32. The van der Waals surface area contributed by atoms with Crippen molar-refractivity contribution in [3.8, 4) is 0 Å². The summed E-state index contributed by atoms with van der Waals surface area (Å²) in [5.41, 5.74) is 0.468. The van der Waals surface area contributed by atoms with Crippen LogP contribution >= 0.6 is 0 Å². The summed E-state index contributed by atoms with van der Waals surface area (Å²) in [6.45, 7) is 30.3. The van der Waals surface area contributed by atoms with Gasteiger partial charge >= 0.3 is 0 Å². The summed E-state index contributed by atoms with van der Waals surface area (Å²) in [5, 5.41) is 22.8. The minimum absolute atomic E-state index is 0.117. The van der Waals surface area contributed by atoms with Crippen molar-refractivity contribution >= 4 is 0 Å². The predicted molar refractivity (Wildman–Crippen MR) is 138 cm³/mol. The normalized spacial score (nSPS) is 39.1. The molecule has 2 nitrogen and oxygen atoms in total. The SMILES string of the molecule is CC(C1CC(C(C)(C)C)C(O)C(C(C)(C)C)C1)C1CC(C(C)(C)C)C(O)C(C(C)(C)C)C1. The molecule has 0 radical (unpaired) electrons. The third-order valence-electron chi connectivity index (χ3n) is 9.81. The molecule has 4 unspecified atom stereocenters. The largest absolute Gasteiger partial charge is 0.393 e. The van der Waals surface area contributed by atoms with Gasteiger partial charge in [-0.15, -0.1) is 0 Å². The van der Waals surface area contributed by atoms with Crippen LogP contribution in [0.15, 0.2) is 0 Å². The van der Waals surface area contributed by atoms with E-state index in [2.05, 4.69) is 90.0 Å². The highest BCUT2D eigenvalue weighted by Gasteiger charge is 2.51. The van der Waals surface area contributed by atoms with E-state index in [1.807, 2.05) is 0 Å². The zero-order valence-electron chi connectivity index (χ0n) is 23.9. The Morgan fingerprint density at radius 1 is 0.469 bits per heavy atom. The van der Waals surface area contributed by atoms with Crippen LogP contribution in [0.5, 0.6) is 0 Å². The minimum Gasteiger partial charge on any atom is -0.393 e. The Balaban J connectivity index is 2.37. The molecule has 32 heavy (non-hydrogen) atoms. The van der Waals surface area contributed by atoms with Crippen molar-refractivity contribution in [1.82, 2.24) is 0 Å². The second-order valence-electron chi connectivity index (χ2n) is 16.2. The molecule has 0 aromatic carbocycles. The highest BCUT2D eigenvalue weighted by Crippen LogP contribution is 2.55. The third-order valence-corrected chi connectivity index (χ3v) is 9.81. The summed E-state index contributed by atoms with van der Waals surface area (Å²) in [6.07, 6.45) is 4.12. The van der Waals surface area contributed by atoms with Gasteiger partial charge in [0, 0.05) is 0 Å². The third kappa shape index (κ3) is 6.12. The molecular weight excluding hydrogens is 392 g/mol. The molecular formula is C30H58O2. The van der Waals surface area contributed by atoms with Crippen molar-refractivity contribution in [2.24, 2.45) is 63.1 Å². The first-order chi connectivity index (χ1) is 14.2. The van der Waals surface area contributed by atoms with E-state index in [1.54, 1.807) is 0 Å². The van der Waals surface area contributed by atoms with E-state index in [9.17, 15) is 10.2 Å². The van der Waals surface area contributed by atoms with Gasteiger partial charge in [0.2, 0.25) is 0 Å². The number of aliphatic hydroxyl groups excluding tert-OH is 2. The lowest BCUT2D eigenvalue weighted by Gasteiger charge is -2.54. The van der Waals surface area contributed by atoms with Gasteiger partial charge < -0.3 is 10.2 Å². The molecule has 0 heterocycles. The van der Waals surface area contributed by atoms with Crippen LogP contribution in [-0.4, -0.2) is 22.4 Å². The average Bonchev–Trinajstić information content (AvgIpc) is 2.57. The second kappa shape index (κ2) is 9.18. The van der Waals surface area contributed by atoms with Gasteiger partial charge in [0.1, 0.15) is 0 Å². The molecule has 2 heteroatoms. The molecule has 2 rings (SSSR count). The van der Waals surface area contributed by atoms with Gasteiger partial charge in [-0.1, -0.05) is 90.0 Å². The number of rotatable bonds is 2. The molecule has 2 N–H and O–H groups in total. The van der Waals surface area contributed by atoms with Crippen molar-refractivity contribution < 1.29 is 10.2 Å². The van der Waals surface area contributed by atoms with Crippen molar-refractivity contribution in [1.29, 1.82) is 0 Å². The van der Waals surface area contributed by atoms with Crippen LogP contribution in [0.25, 0.3) is 0 Å². The molecule has 2 aliphatic rings. The predicted octanol–water partition coefficient (Wildman–Crippen LogP) is 7.81. The smallest absolute Gasteiger partial charge is 0.0606 e. The van der Waals surface area contributed by atoms with E-state index in [1.165, 1.54) is 0 Å². The standard InChI is InChI=1S/C30H58O2/c1-18(19-14-21(27(2,3)4)25(31)22(15-19)28(5,6)7)20-16-23(29(8,9)10)26(32)24(17-20)30(11,12)13/h18-26,31-32H,14-17H2,1-13H3. The summed E-state index contributed by atoms with van der Waals surface area (Å²) < 4.78 is 0. The highest BCUT2D eigenvalue weighted by molar-refractivity contribution is 5.00. The first-order valence-electron chi connectivity index (χ1n) is 13.5. The molecule has 0 aromatic rings. The quantitative estimate of drug-likeness (QED) is 0.450. The van der Waals surface area contributed by atoms with Crippen LogP contribution in [0.2, 0.25) is 0 Å². The molecule has 0 saturated heterocycles. The molecule has 0 aliphatic heterocycles. The van der Waals surface area contributed by atoms with Gasteiger partial charge in [0.15, 0.2) is 0 Å². The van der Waals surface area contributed by atoms with E-state index in [0.29, 0.717) is 41.4 Å². The molecule has 4 atom stereocenters. The van der Waals surface area contributed by atoms with Crippen molar-refractivity contribution in [3.05, 3.63) is 0 Å². The zero-order chi connectivity index (χ0) is 25.0. The Hall–Kier alpha value is -0.0800.